The monoisotopic (exact) mass is 290 g/mol. The average molecular weight is 290 g/mol. The molecule has 2 atom stereocenters. The smallest absolute Gasteiger partial charge is 0.282 e. The Morgan fingerprint density at radius 2 is 1.63 bits per heavy atom. The molecule has 0 spiro atoms. The summed E-state index contributed by atoms with van der Waals surface area (Å²) in [7, 11) is -3.44. The maximum Gasteiger partial charge on any atom is 0.282 e. The van der Waals surface area contributed by atoms with Gasteiger partial charge in [-0.05, 0) is 32.6 Å². The summed E-state index contributed by atoms with van der Waals surface area (Å²) in [5, 5.41) is 10.2. The van der Waals surface area contributed by atoms with Gasteiger partial charge in [0.05, 0.1) is 17.8 Å². The van der Waals surface area contributed by atoms with Crippen molar-refractivity contribution in [1.29, 1.82) is 0 Å². The first-order valence-corrected chi connectivity index (χ1v) is 8.34. The zero-order valence-corrected chi connectivity index (χ0v) is 12.3. The van der Waals surface area contributed by atoms with Gasteiger partial charge in [-0.2, -0.15) is 17.0 Å². The molecule has 7 heteroatoms. The molecule has 2 unspecified atom stereocenters. The molecule has 3 rings (SSSR count). The lowest BCUT2D eigenvalue weighted by Crippen LogP contribution is -2.67. The van der Waals surface area contributed by atoms with Crippen LogP contribution in [0.5, 0.6) is 0 Å². The van der Waals surface area contributed by atoms with E-state index in [1.165, 1.54) is 8.61 Å². The van der Waals surface area contributed by atoms with E-state index in [0.717, 1.165) is 12.8 Å². The Bertz CT molecular complexity index is 446. The SMILES string of the molecule is CC1CN(S(=O)(=O)N2CC(O)(C3CC3)C2)CC(C)O1. The quantitative estimate of drug-likeness (QED) is 0.781. The Morgan fingerprint density at radius 1 is 1.11 bits per heavy atom. The third kappa shape index (κ3) is 2.42. The summed E-state index contributed by atoms with van der Waals surface area (Å²) in [4.78, 5) is 0. The lowest BCUT2D eigenvalue weighted by Gasteiger charge is -2.48. The van der Waals surface area contributed by atoms with Crippen LogP contribution in [0.2, 0.25) is 0 Å². The molecule has 19 heavy (non-hydrogen) atoms. The topological polar surface area (TPSA) is 70.1 Å². The van der Waals surface area contributed by atoms with Crippen LogP contribution in [-0.2, 0) is 14.9 Å². The van der Waals surface area contributed by atoms with Gasteiger partial charge in [0.15, 0.2) is 0 Å². The van der Waals surface area contributed by atoms with Crippen molar-refractivity contribution < 1.29 is 18.3 Å². The largest absolute Gasteiger partial charge is 0.387 e. The fraction of sp³-hybridized carbons (Fsp3) is 1.00. The van der Waals surface area contributed by atoms with Crippen molar-refractivity contribution >= 4 is 10.2 Å². The van der Waals surface area contributed by atoms with Crippen LogP contribution in [0.25, 0.3) is 0 Å². The van der Waals surface area contributed by atoms with E-state index in [9.17, 15) is 13.5 Å². The van der Waals surface area contributed by atoms with Gasteiger partial charge in [-0.1, -0.05) is 0 Å². The van der Waals surface area contributed by atoms with Crippen molar-refractivity contribution in [3.63, 3.8) is 0 Å². The first kappa shape index (κ1) is 13.8. The van der Waals surface area contributed by atoms with Crippen LogP contribution in [0.15, 0.2) is 0 Å². The number of aliphatic hydroxyl groups is 1. The Labute approximate surface area is 114 Å². The van der Waals surface area contributed by atoms with Crippen LogP contribution in [0.4, 0.5) is 0 Å². The first-order valence-electron chi connectivity index (χ1n) is 6.94. The van der Waals surface area contributed by atoms with Gasteiger partial charge in [-0.15, -0.1) is 0 Å². The first-order chi connectivity index (χ1) is 8.81. The third-order valence-electron chi connectivity index (χ3n) is 4.28. The van der Waals surface area contributed by atoms with E-state index in [-0.39, 0.29) is 25.3 Å². The molecule has 110 valence electrons. The van der Waals surface area contributed by atoms with E-state index in [4.69, 9.17) is 4.74 Å². The maximum absolute atomic E-state index is 12.5. The van der Waals surface area contributed by atoms with Crippen LogP contribution >= 0.6 is 0 Å². The highest BCUT2D eigenvalue weighted by Crippen LogP contribution is 2.45. The van der Waals surface area contributed by atoms with Crippen molar-refractivity contribution in [1.82, 2.24) is 8.61 Å². The average Bonchev–Trinajstić information content (AvgIpc) is 3.07. The molecule has 0 aromatic heterocycles. The number of morpholine rings is 1. The zero-order chi connectivity index (χ0) is 13.8. The minimum absolute atomic E-state index is 0.0814. The van der Waals surface area contributed by atoms with Crippen molar-refractivity contribution in [3.8, 4) is 0 Å². The predicted molar refractivity (Wildman–Crippen MR) is 69.7 cm³/mol. The van der Waals surface area contributed by atoms with Gasteiger partial charge in [0, 0.05) is 26.2 Å². The molecular formula is C12H22N2O4S. The molecule has 1 saturated carbocycles. The van der Waals surface area contributed by atoms with E-state index >= 15 is 0 Å². The van der Waals surface area contributed by atoms with Gasteiger partial charge in [0.2, 0.25) is 0 Å². The highest BCUT2D eigenvalue weighted by molar-refractivity contribution is 7.86. The molecule has 0 aromatic rings. The lowest BCUT2D eigenvalue weighted by atomic mass is 9.91. The molecule has 0 radical (unpaired) electrons. The standard InChI is InChI=1S/C12H22N2O4S/c1-9-5-13(6-10(2)18-9)19(16,17)14-7-12(15,8-14)11-3-4-11/h9-11,15H,3-8H2,1-2H3. The number of hydrogen-bond acceptors (Lipinski definition) is 4. The fourth-order valence-electron chi connectivity index (χ4n) is 3.09. The molecule has 3 fully saturated rings. The Morgan fingerprint density at radius 3 is 2.11 bits per heavy atom. The van der Waals surface area contributed by atoms with Gasteiger partial charge >= 0.3 is 0 Å². The van der Waals surface area contributed by atoms with E-state index in [2.05, 4.69) is 0 Å². The summed E-state index contributed by atoms with van der Waals surface area (Å²) in [6.07, 6.45) is 1.88. The molecule has 2 saturated heterocycles. The van der Waals surface area contributed by atoms with Gasteiger partial charge in [-0.25, -0.2) is 0 Å². The zero-order valence-electron chi connectivity index (χ0n) is 11.4. The summed E-state index contributed by atoms with van der Waals surface area (Å²) >= 11 is 0. The number of ether oxygens (including phenoxy) is 1. The van der Waals surface area contributed by atoms with Crippen molar-refractivity contribution in [2.24, 2.45) is 5.92 Å². The molecule has 6 nitrogen and oxygen atoms in total. The molecule has 0 amide bonds. The van der Waals surface area contributed by atoms with Crippen LogP contribution in [0.3, 0.4) is 0 Å². The van der Waals surface area contributed by atoms with Crippen molar-refractivity contribution in [2.75, 3.05) is 26.2 Å². The van der Waals surface area contributed by atoms with E-state index < -0.39 is 15.8 Å². The molecular weight excluding hydrogens is 268 g/mol. The Kier molecular flexibility index (Phi) is 3.18. The highest BCUT2D eigenvalue weighted by Gasteiger charge is 2.56. The third-order valence-corrected chi connectivity index (χ3v) is 6.14. The van der Waals surface area contributed by atoms with Gasteiger partial charge < -0.3 is 9.84 Å². The molecule has 1 N–H and O–H groups in total. The Balaban J connectivity index is 1.66. The molecule has 3 aliphatic rings. The number of hydrogen-bond donors (Lipinski definition) is 1. The lowest BCUT2D eigenvalue weighted by molar-refractivity contribution is -0.0833. The molecule has 2 heterocycles. The van der Waals surface area contributed by atoms with Crippen molar-refractivity contribution in [2.45, 2.75) is 44.5 Å². The maximum atomic E-state index is 12.5. The van der Waals surface area contributed by atoms with Gasteiger partial charge in [0.25, 0.3) is 10.2 Å². The summed E-state index contributed by atoms with van der Waals surface area (Å²) in [5.41, 5.74) is -0.767. The van der Waals surface area contributed by atoms with Crippen molar-refractivity contribution in [3.05, 3.63) is 0 Å². The second-order valence-electron chi connectivity index (χ2n) is 6.23. The molecule has 1 aliphatic carbocycles. The predicted octanol–water partition coefficient (Wildman–Crippen LogP) is -0.203. The van der Waals surface area contributed by atoms with Crippen LogP contribution < -0.4 is 0 Å². The van der Waals surface area contributed by atoms with Crippen LogP contribution in [-0.4, -0.2) is 66.1 Å². The summed E-state index contributed by atoms with van der Waals surface area (Å²) in [6, 6.07) is 0. The number of rotatable bonds is 3. The van der Waals surface area contributed by atoms with Gasteiger partial charge in [0.1, 0.15) is 0 Å². The highest BCUT2D eigenvalue weighted by atomic mass is 32.2. The van der Waals surface area contributed by atoms with Gasteiger partial charge in [-0.3, -0.25) is 0 Å². The van der Waals surface area contributed by atoms with Crippen LogP contribution in [0, 0.1) is 5.92 Å². The minimum Gasteiger partial charge on any atom is -0.387 e. The van der Waals surface area contributed by atoms with E-state index in [1.54, 1.807) is 0 Å². The number of β-amino-alcohol motifs (C(OH)–C–C–N with tert-alkyl or cyclic N) is 1. The summed E-state index contributed by atoms with van der Waals surface area (Å²) < 4.78 is 33.4. The Hall–Kier alpha value is -0.210. The number of nitrogens with zero attached hydrogens (tertiary/aromatic N) is 2. The minimum atomic E-state index is -3.44. The summed E-state index contributed by atoms with van der Waals surface area (Å²) in [5.74, 6) is 0.307. The van der Waals surface area contributed by atoms with Crippen LogP contribution in [0.1, 0.15) is 26.7 Å². The molecule has 0 bridgehead atoms. The normalized spacial score (nSPS) is 37.0. The fourth-order valence-corrected chi connectivity index (χ4v) is 4.99. The molecule has 2 aliphatic heterocycles. The summed E-state index contributed by atoms with van der Waals surface area (Å²) in [6.45, 7) is 5.06. The molecule has 0 aromatic carbocycles. The second kappa shape index (κ2) is 4.39. The second-order valence-corrected chi connectivity index (χ2v) is 8.16. The van der Waals surface area contributed by atoms with E-state index in [1.807, 2.05) is 13.8 Å². The van der Waals surface area contributed by atoms with E-state index in [0.29, 0.717) is 19.0 Å².